The van der Waals surface area contributed by atoms with E-state index in [0.29, 0.717) is 5.92 Å². The molecule has 0 aromatic carbocycles. The molecule has 1 N–H and O–H groups in total. The van der Waals surface area contributed by atoms with Gasteiger partial charge in [-0.1, -0.05) is 12.1 Å². The molecule has 3 aromatic heterocycles. The molecule has 0 saturated carbocycles. The lowest BCUT2D eigenvalue weighted by Gasteiger charge is -2.32. The number of pyridine rings is 2. The third-order valence-corrected chi connectivity index (χ3v) is 4.79. The summed E-state index contributed by atoms with van der Waals surface area (Å²) in [4.78, 5) is 20.5. The molecule has 27 heavy (non-hydrogen) atoms. The van der Waals surface area contributed by atoms with Gasteiger partial charge in [0.25, 0.3) is 0 Å². The molecule has 6 heteroatoms. The molecule has 1 fully saturated rings. The quantitative estimate of drug-likeness (QED) is 0.748. The van der Waals surface area contributed by atoms with Gasteiger partial charge in [-0.25, -0.2) is 15.0 Å². The fourth-order valence-corrected chi connectivity index (χ4v) is 3.57. The number of nitrogens with zero attached hydrogens (tertiary/aromatic N) is 5. The highest BCUT2D eigenvalue weighted by Gasteiger charge is 2.24. The minimum absolute atomic E-state index is 0.347. The second-order valence-corrected chi connectivity index (χ2v) is 7.03. The molecule has 4 heterocycles. The van der Waals surface area contributed by atoms with E-state index in [4.69, 9.17) is 9.97 Å². The van der Waals surface area contributed by atoms with E-state index >= 15 is 0 Å². The molecule has 0 aliphatic carbocycles. The Morgan fingerprint density at radius 3 is 2.89 bits per heavy atom. The Hall–Kier alpha value is -2.86. The lowest BCUT2D eigenvalue weighted by Crippen LogP contribution is -2.34. The number of nitrogens with one attached hydrogen (secondary N) is 1. The van der Waals surface area contributed by atoms with Gasteiger partial charge in [0.1, 0.15) is 17.5 Å². The summed E-state index contributed by atoms with van der Waals surface area (Å²) < 4.78 is 0. The van der Waals surface area contributed by atoms with Gasteiger partial charge >= 0.3 is 0 Å². The van der Waals surface area contributed by atoms with Crippen molar-refractivity contribution in [2.75, 3.05) is 18.4 Å². The third kappa shape index (κ3) is 4.65. The van der Waals surface area contributed by atoms with Crippen LogP contribution in [0.4, 0.5) is 11.6 Å². The molecule has 1 aliphatic rings. The van der Waals surface area contributed by atoms with Crippen LogP contribution in [0.15, 0.2) is 55.0 Å². The zero-order valence-electron chi connectivity index (χ0n) is 15.5. The summed E-state index contributed by atoms with van der Waals surface area (Å²) in [6, 6.07) is 11.9. The molecule has 0 spiro atoms. The Balaban J connectivity index is 1.48. The van der Waals surface area contributed by atoms with E-state index in [-0.39, 0.29) is 0 Å². The SMILES string of the molecule is Cc1cc(Nc2ccccn2)nc([C@H]2CCCN(Cc3cccnc3)C2)n1. The van der Waals surface area contributed by atoms with Crippen LogP contribution >= 0.6 is 0 Å². The fourth-order valence-electron chi connectivity index (χ4n) is 3.57. The van der Waals surface area contributed by atoms with Crippen LogP contribution in [0, 0.1) is 6.92 Å². The Kier molecular flexibility index (Phi) is 5.34. The molecule has 3 aromatic rings. The van der Waals surface area contributed by atoms with Gasteiger partial charge in [-0.15, -0.1) is 0 Å². The monoisotopic (exact) mass is 360 g/mol. The second-order valence-electron chi connectivity index (χ2n) is 7.03. The summed E-state index contributed by atoms with van der Waals surface area (Å²) in [7, 11) is 0. The number of hydrogen-bond donors (Lipinski definition) is 1. The van der Waals surface area contributed by atoms with E-state index in [1.807, 2.05) is 49.6 Å². The average Bonchev–Trinajstić information content (AvgIpc) is 2.69. The summed E-state index contributed by atoms with van der Waals surface area (Å²) in [5, 5.41) is 3.29. The minimum Gasteiger partial charge on any atom is -0.325 e. The first kappa shape index (κ1) is 17.5. The molecule has 1 atom stereocenters. The van der Waals surface area contributed by atoms with E-state index in [1.54, 1.807) is 6.20 Å². The fraction of sp³-hybridized carbons (Fsp3) is 0.333. The van der Waals surface area contributed by atoms with Crippen molar-refractivity contribution in [3.63, 3.8) is 0 Å². The van der Waals surface area contributed by atoms with Crippen LogP contribution in [0.5, 0.6) is 0 Å². The number of aromatic nitrogens is 4. The molecule has 138 valence electrons. The zero-order valence-corrected chi connectivity index (χ0v) is 15.5. The zero-order chi connectivity index (χ0) is 18.5. The molecular formula is C21H24N6. The predicted molar refractivity (Wildman–Crippen MR) is 106 cm³/mol. The molecule has 0 unspecified atom stereocenters. The topological polar surface area (TPSA) is 66.8 Å². The maximum atomic E-state index is 4.79. The van der Waals surface area contributed by atoms with Crippen LogP contribution in [0.1, 0.15) is 35.8 Å². The number of likely N-dealkylation sites (tertiary alicyclic amines) is 1. The average molecular weight is 360 g/mol. The van der Waals surface area contributed by atoms with Gasteiger partial charge in [0.2, 0.25) is 0 Å². The maximum absolute atomic E-state index is 4.79. The van der Waals surface area contributed by atoms with Crippen molar-refractivity contribution in [3.8, 4) is 0 Å². The Morgan fingerprint density at radius 2 is 2.07 bits per heavy atom. The first-order valence-electron chi connectivity index (χ1n) is 9.41. The van der Waals surface area contributed by atoms with E-state index < -0.39 is 0 Å². The molecule has 0 radical (unpaired) electrons. The van der Waals surface area contributed by atoms with E-state index in [1.165, 1.54) is 5.56 Å². The third-order valence-electron chi connectivity index (χ3n) is 4.79. The molecule has 1 aliphatic heterocycles. The van der Waals surface area contributed by atoms with Gasteiger partial charge in [0.05, 0.1) is 0 Å². The maximum Gasteiger partial charge on any atom is 0.135 e. The van der Waals surface area contributed by atoms with Crippen molar-refractivity contribution in [2.45, 2.75) is 32.2 Å². The lowest BCUT2D eigenvalue weighted by molar-refractivity contribution is 0.196. The van der Waals surface area contributed by atoms with Gasteiger partial charge in [-0.2, -0.15) is 0 Å². The molecule has 6 nitrogen and oxygen atoms in total. The molecule has 0 amide bonds. The largest absolute Gasteiger partial charge is 0.325 e. The predicted octanol–water partition coefficient (Wildman–Crippen LogP) is 3.70. The first-order valence-corrected chi connectivity index (χ1v) is 9.41. The van der Waals surface area contributed by atoms with Crippen molar-refractivity contribution >= 4 is 11.6 Å². The van der Waals surface area contributed by atoms with Crippen LogP contribution in [-0.2, 0) is 6.54 Å². The van der Waals surface area contributed by atoms with E-state index in [9.17, 15) is 0 Å². The first-order chi connectivity index (χ1) is 13.3. The van der Waals surface area contributed by atoms with Crippen molar-refractivity contribution in [1.29, 1.82) is 0 Å². The smallest absolute Gasteiger partial charge is 0.135 e. The van der Waals surface area contributed by atoms with E-state index in [0.717, 1.165) is 55.6 Å². The van der Waals surface area contributed by atoms with Crippen molar-refractivity contribution in [3.05, 3.63) is 72.1 Å². The number of rotatable bonds is 5. The van der Waals surface area contributed by atoms with E-state index in [2.05, 4.69) is 26.3 Å². The highest BCUT2D eigenvalue weighted by Crippen LogP contribution is 2.27. The normalized spacial score (nSPS) is 17.6. The van der Waals surface area contributed by atoms with Gasteiger partial charge in [-0.3, -0.25) is 9.88 Å². The number of anilines is 2. The standard InChI is InChI=1S/C21H24N6/c1-16-12-20(25-19-8-2-3-10-23-19)26-21(24-16)18-7-5-11-27(15-18)14-17-6-4-9-22-13-17/h2-4,6,8-10,12-13,18H,5,7,11,14-15H2,1H3,(H,23,24,25,26)/t18-/m0/s1. The molecule has 4 rings (SSSR count). The Morgan fingerprint density at radius 1 is 1.11 bits per heavy atom. The van der Waals surface area contributed by atoms with Crippen molar-refractivity contribution in [2.24, 2.45) is 0 Å². The molecule has 0 bridgehead atoms. The highest BCUT2D eigenvalue weighted by atomic mass is 15.1. The molecule has 1 saturated heterocycles. The number of piperidine rings is 1. The minimum atomic E-state index is 0.347. The highest BCUT2D eigenvalue weighted by molar-refractivity contribution is 5.51. The van der Waals surface area contributed by atoms with Crippen LogP contribution in [0.25, 0.3) is 0 Å². The summed E-state index contributed by atoms with van der Waals surface area (Å²) >= 11 is 0. The van der Waals surface area contributed by atoms with Crippen LogP contribution in [0.3, 0.4) is 0 Å². The van der Waals surface area contributed by atoms with Gasteiger partial charge < -0.3 is 5.32 Å². The van der Waals surface area contributed by atoms with Crippen molar-refractivity contribution in [1.82, 2.24) is 24.8 Å². The van der Waals surface area contributed by atoms with Crippen LogP contribution in [-0.4, -0.2) is 37.9 Å². The lowest BCUT2D eigenvalue weighted by atomic mass is 9.96. The summed E-state index contributed by atoms with van der Waals surface area (Å²) in [6.45, 7) is 5.03. The number of hydrogen-bond acceptors (Lipinski definition) is 6. The van der Waals surface area contributed by atoms with Gasteiger partial charge in [-0.05, 0) is 50.1 Å². The van der Waals surface area contributed by atoms with Crippen molar-refractivity contribution < 1.29 is 0 Å². The number of aryl methyl sites for hydroxylation is 1. The van der Waals surface area contributed by atoms with Gasteiger partial charge in [0.15, 0.2) is 0 Å². The second kappa shape index (κ2) is 8.22. The van der Waals surface area contributed by atoms with Crippen LogP contribution in [0.2, 0.25) is 0 Å². The summed E-state index contributed by atoms with van der Waals surface area (Å²) in [5.41, 5.74) is 2.23. The van der Waals surface area contributed by atoms with Crippen LogP contribution < -0.4 is 5.32 Å². The van der Waals surface area contributed by atoms with Gasteiger partial charge in [0, 0.05) is 49.4 Å². The summed E-state index contributed by atoms with van der Waals surface area (Å²) in [6.07, 6.45) is 7.82. The summed E-state index contributed by atoms with van der Waals surface area (Å²) in [5.74, 6) is 2.87. The Labute approximate surface area is 159 Å². The Bertz CT molecular complexity index is 868. The molecular weight excluding hydrogens is 336 g/mol.